The Morgan fingerprint density at radius 2 is 1.75 bits per heavy atom. The van der Waals surface area contributed by atoms with Gasteiger partial charge in [0.1, 0.15) is 5.75 Å². The number of rotatable bonds is 4. The van der Waals surface area contributed by atoms with Crippen LogP contribution in [0.4, 0.5) is 0 Å². The highest BCUT2D eigenvalue weighted by atomic mass is 16.5. The van der Waals surface area contributed by atoms with Crippen LogP contribution in [0, 0.1) is 20.8 Å². The minimum Gasteiger partial charge on any atom is -0.496 e. The highest BCUT2D eigenvalue weighted by Gasteiger charge is 2.12. The third-order valence-corrected chi connectivity index (χ3v) is 3.60. The topological polar surface area (TPSA) is 21.3 Å². The summed E-state index contributed by atoms with van der Waals surface area (Å²) in [5, 5.41) is 3.19. The highest BCUT2D eigenvalue weighted by Crippen LogP contribution is 2.36. The summed E-state index contributed by atoms with van der Waals surface area (Å²) >= 11 is 0. The van der Waals surface area contributed by atoms with E-state index < -0.39 is 0 Å². The lowest BCUT2D eigenvalue weighted by Crippen LogP contribution is -2.05. The Hall–Kier alpha value is -1.80. The summed E-state index contributed by atoms with van der Waals surface area (Å²) in [5.41, 5.74) is 7.52. The summed E-state index contributed by atoms with van der Waals surface area (Å²) in [6.45, 7) is 7.30. The molecule has 0 saturated heterocycles. The molecule has 0 aliphatic carbocycles. The first kappa shape index (κ1) is 14.6. The first-order valence-corrected chi connectivity index (χ1v) is 6.96. The predicted octanol–water partition coefficient (Wildman–Crippen LogP) is 4.01. The summed E-state index contributed by atoms with van der Waals surface area (Å²) in [6, 6.07) is 10.9. The molecular weight excluding hydrogens is 246 g/mol. The quantitative estimate of drug-likeness (QED) is 0.905. The Bertz CT molecular complexity index is 617. The Labute approximate surface area is 121 Å². The van der Waals surface area contributed by atoms with E-state index >= 15 is 0 Å². The Kier molecular flexibility index (Phi) is 4.46. The van der Waals surface area contributed by atoms with Crippen molar-refractivity contribution >= 4 is 0 Å². The van der Waals surface area contributed by atoms with E-state index in [9.17, 15) is 0 Å². The van der Waals surface area contributed by atoms with Crippen LogP contribution in [0.3, 0.4) is 0 Å². The zero-order valence-electron chi connectivity index (χ0n) is 13.0. The molecule has 0 heterocycles. The van der Waals surface area contributed by atoms with Gasteiger partial charge in [-0.1, -0.05) is 24.3 Å². The largest absolute Gasteiger partial charge is 0.496 e. The average Bonchev–Trinajstić information content (AvgIpc) is 2.39. The van der Waals surface area contributed by atoms with E-state index in [1.165, 1.54) is 33.4 Å². The molecule has 1 N–H and O–H groups in total. The van der Waals surface area contributed by atoms with Gasteiger partial charge in [0.25, 0.3) is 0 Å². The van der Waals surface area contributed by atoms with Crippen LogP contribution in [0.2, 0.25) is 0 Å². The molecule has 2 rings (SSSR count). The molecule has 2 heteroatoms. The van der Waals surface area contributed by atoms with Gasteiger partial charge in [-0.2, -0.15) is 0 Å². The lowest BCUT2D eigenvalue weighted by Gasteiger charge is -2.16. The van der Waals surface area contributed by atoms with Crippen LogP contribution in [0.15, 0.2) is 30.3 Å². The molecule has 0 bridgehead atoms. The van der Waals surface area contributed by atoms with E-state index in [1.807, 2.05) is 7.05 Å². The number of aryl methyl sites for hydroxylation is 3. The maximum absolute atomic E-state index is 5.58. The van der Waals surface area contributed by atoms with Crippen molar-refractivity contribution in [2.75, 3.05) is 14.2 Å². The van der Waals surface area contributed by atoms with Crippen molar-refractivity contribution in [1.82, 2.24) is 5.32 Å². The SMILES string of the molecule is CNCc1ccc(-c2c(C)cc(C)cc2OC)c(C)c1. The zero-order valence-corrected chi connectivity index (χ0v) is 13.0. The molecule has 2 aromatic carbocycles. The van der Waals surface area contributed by atoms with Gasteiger partial charge >= 0.3 is 0 Å². The van der Waals surface area contributed by atoms with E-state index in [-0.39, 0.29) is 0 Å². The Morgan fingerprint density at radius 1 is 1.00 bits per heavy atom. The second-order valence-corrected chi connectivity index (χ2v) is 5.34. The fraction of sp³-hybridized carbons (Fsp3) is 0.333. The van der Waals surface area contributed by atoms with Crippen LogP contribution in [0.25, 0.3) is 11.1 Å². The third-order valence-electron chi connectivity index (χ3n) is 3.60. The van der Waals surface area contributed by atoms with Crippen LogP contribution < -0.4 is 10.1 Å². The van der Waals surface area contributed by atoms with Gasteiger partial charge in [-0.05, 0) is 61.7 Å². The lowest BCUT2D eigenvalue weighted by molar-refractivity contribution is 0.416. The normalized spacial score (nSPS) is 10.7. The first-order chi connectivity index (χ1) is 9.56. The molecule has 0 atom stereocenters. The fourth-order valence-corrected chi connectivity index (χ4v) is 2.76. The van der Waals surface area contributed by atoms with Crippen LogP contribution in [-0.4, -0.2) is 14.2 Å². The van der Waals surface area contributed by atoms with Gasteiger partial charge in [-0.15, -0.1) is 0 Å². The second-order valence-electron chi connectivity index (χ2n) is 5.34. The Balaban J connectivity index is 2.56. The van der Waals surface area contributed by atoms with Crippen LogP contribution >= 0.6 is 0 Å². The molecular formula is C18H23NO. The van der Waals surface area contributed by atoms with Crippen molar-refractivity contribution in [2.45, 2.75) is 27.3 Å². The van der Waals surface area contributed by atoms with E-state index in [4.69, 9.17) is 4.74 Å². The number of hydrogen-bond donors (Lipinski definition) is 1. The first-order valence-electron chi connectivity index (χ1n) is 6.96. The molecule has 0 saturated carbocycles. The predicted molar refractivity (Wildman–Crippen MR) is 85.4 cm³/mol. The number of hydrogen-bond acceptors (Lipinski definition) is 2. The minimum absolute atomic E-state index is 0.894. The summed E-state index contributed by atoms with van der Waals surface area (Å²) in [4.78, 5) is 0. The van der Waals surface area contributed by atoms with Gasteiger partial charge in [0, 0.05) is 12.1 Å². The molecule has 0 amide bonds. The molecule has 0 unspecified atom stereocenters. The molecule has 0 spiro atoms. The summed E-state index contributed by atoms with van der Waals surface area (Å²) in [5.74, 6) is 0.951. The van der Waals surface area contributed by atoms with Crippen molar-refractivity contribution in [1.29, 1.82) is 0 Å². The number of nitrogens with one attached hydrogen (secondary N) is 1. The molecule has 106 valence electrons. The summed E-state index contributed by atoms with van der Waals surface area (Å²) < 4.78 is 5.58. The van der Waals surface area contributed by atoms with Gasteiger partial charge in [0.2, 0.25) is 0 Å². The molecule has 0 aromatic heterocycles. The zero-order chi connectivity index (χ0) is 14.7. The lowest BCUT2D eigenvalue weighted by atomic mass is 9.93. The van der Waals surface area contributed by atoms with Crippen LogP contribution in [-0.2, 0) is 6.54 Å². The number of benzene rings is 2. The third kappa shape index (κ3) is 2.86. The maximum atomic E-state index is 5.58. The van der Waals surface area contributed by atoms with E-state index in [0.29, 0.717) is 0 Å². The van der Waals surface area contributed by atoms with Crippen molar-refractivity contribution in [2.24, 2.45) is 0 Å². The van der Waals surface area contributed by atoms with Crippen LogP contribution in [0.1, 0.15) is 22.3 Å². The monoisotopic (exact) mass is 269 g/mol. The van der Waals surface area contributed by atoms with Crippen LogP contribution in [0.5, 0.6) is 5.75 Å². The van der Waals surface area contributed by atoms with Gasteiger partial charge < -0.3 is 10.1 Å². The number of methoxy groups -OCH3 is 1. The van der Waals surface area contributed by atoms with Crippen molar-refractivity contribution in [3.8, 4) is 16.9 Å². The fourth-order valence-electron chi connectivity index (χ4n) is 2.76. The summed E-state index contributed by atoms with van der Waals surface area (Å²) in [6.07, 6.45) is 0. The standard InChI is InChI=1S/C18H23NO/c1-12-8-14(3)18(17(9-12)20-5)16-7-6-15(11-19-4)10-13(16)2/h6-10,19H,11H2,1-5H3. The molecule has 20 heavy (non-hydrogen) atoms. The van der Waals surface area contributed by atoms with E-state index in [2.05, 4.69) is 56.4 Å². The second kappa shape index (κ2) is 6.10. The van der Waals surface area contributed by atoms with Gasteiger partial charge in [0.15, 0.2) is 0 Å². The summed E-state index contributed by atoms with van der Waals surface area (Å²) in [7, 11) is 3.71. The van der Waals surface area contributed by atoms with Gasteiger partial charge in [0.05, 0.1) is 7.11 Å². The average molecular weight is 269 g/mol. The minimum atomic E-state index is 0.894. The molecule has 0 fully saturated rings. The molecule has 0 radical (unpaired) electrons. The molecule has 0 aliphatic rings. The molecule has 2 aromatic rings. The maximum Gasteiger partial charge on any atom is 0.127 e. The van der Waals surface area contributed by atoms with E-state index in [1.54, 1.807) is 7.11 Å². The Morgan fingerprint density at radius 3 is 2.35 bits per heavy atom. The molecule has 2 nitrogen and oxygen atoms in total. The van der Waals surface area contributed by atoms with Gasteiger partial charge in [-0.3, -0.25) is 0 Å². The van der Waals surface area contributed by atoms with E-state index in [0.717, 1.165) is 12.3 Å². The van der Waals surface area contributed by atoms with Gasteiger partial charge in [-0.25, -0.2) is 0 Å². The van der Waals surface area contributed by atoms with Crippen molar-refractivity contribution < 1.29 is 4.74 Å². The molecule has 0 aliphatic heterocycles. The van der Waals surface area contributed by atoms with Crippen molar-refractivity contribution in [3.05, 3.63) is 52.6 Å². The number of ether oxygens (including phenoxy) is 1. The smallest absolute Gasteiger partial charge is 0.127 e. The highest BCUT2D eigenvalue weighted by molar-refractivity contribution is 5.77. The van der Waals surface area contributed by atoms with Crippen molar-refractivity contribution in [3.63, 3.8) is 0 Å².